The number of aromatic amines is 1. The number of aryl methyl sites for hydroxylation is 1. The number of rotatable bonds is 5. The first-order valence-corrected chi connectivity index (χ1v) is 11.9. The smallest absolute Gasteiger partial charge is 0.379 e. The molecule has 2 saturated heterocycles. The molecule has 188 valence electrons. The number of nitrogens with one attached hydrogen (secondary N) is 1. The maximum Gasteiger partial charge on any atom is 0.389 e. The van der Waals surface area contributed by atoms with Crippen molar-refractivity contribution < 1.29 is 22.7 Å². The Morgan fingerprint density at radius 2 is 1.97 bits per heavy atom. The minimum Gasteiger partial charge on any atom is -0.379 e. The van der Waals surface area contributed by atoms with E-state index in [0.29, 0.717) is 67.9 Å². The molecule has 0 bridgehead atoms. The lowest BCUT2D eigenvalue weighted by Gasteiger charge is -2.35. The number of H-pyrrole nitrogens is 1. The molecule has 2 aliphatic rings. The first kappa shape index (κ1) is 23.8. The van der Waals surface area contributed by atoms with Crippen molar-refractivity contribution in [3.05, 3.63) is 39.8 Å². The summed E-state index contributed by atoms with van der Waals surface area (Å²) in [5.41, 5.74) is 2.42. The van der Waals surface area contributed by atoms with E-state index >= 15 is 0 Å². The van der Waals surface area contributed by atoms with Crippen LogP contribution in [-0.4, -0.2) is 82.6 Å². The molecule has 3 aromatic rings. The molecule has 0 unspecified atom stereocenters. The van der Waals surface area contributed by atoms with E-state index in [0.717, 1.165) is 17.4 Å². The number of hydrogen-bond donors (Lipinski definition) is 1. The standard InChI is InChI=1S/C24H28F3N5O3/c1-15-11-20-18(21-19(22(33)29-20)13-28-32(21)16-3-10-35-14-16)12-17(15)23(34)31-8-6-30(7-9-31)5-2-4-24(25,26)27/h11-13,16H,2-10,14H2,1H3,(H,29,33)/t16-/m0/s1. The summed E-state index contributed by atoms with van der Waals surface area (Å²) in [6.45, 7) is 5.38. The molecule has 1 aromatic carbocycles. The first-order chi connectivity index (χ1) is 16.7. The van der Waals surface area contributed by atoms with Gasteiger partial charge in [0, 0.05) is 50.2 Å². The molecule has 2 aromatic heterocycles. The van der Waals surface area contributed by atoms with Crippen LogP contribution in [0, 0.1) is 6.92 Å². The Morgan fingerprint density at radius 1 is 1.20 bits per heavy atom. The van der Waals surface area contributed by atoms with Crippen LogP contribution in [-0.2, 0) is 4.74 Å². The van der Waals surface area contributed by atoms with Gasteiger partial charge in [-0.05, 0) is 44.0 Å². The van der Waals surface area contributed by atoms with E-state index in [1.165, 1.54) is 0 Å². The van der Waals surface area contributed by atoms with Crippen LogP contribution in [0.2, 0.25) is 0 Å². The molecule has 2 aliphatic heterocycles. The summed E-state index contributed by atoms with van der Waals surface area (Å²) in [7, 11) is 0. The largest absolute Gasteiger partial charge is 0.389 e. The summed E-state index contributed by atoms with van der Waals surface area (Å²) in [5.74, 6) is -0.117. The molecule has 5 rings (SSSR count). The van der Waals surface area contributed by atoms with Gasteiger partial charge in [0.05, 0.1) is 35.3 Å². The summed E-state index contributed by atoms with van der Waals surface area (Å²) >= 11 is 0. The molecule has 0 saturated carbocycles. The van der Waals surface area contributed by atoms with Gasteiger partial charge >= 0.3 is 6.18 Å². The predicted molar refractivity (Wildman–Crippen MR) is 125 cm³/mol. The van der Waals surface area contributed by atoms with Crippen LogP contribution in [0.3, 0.4) is 0 Å². The van der Waals surface area contributed by atoms with Crippen molar-refractivity contribution >= 4 is 27.7 Å². The quantitative estimate of drug-likeness (QED) is 0.593. The maximum atomic E-state index is 13.4. The molecule has 35 heavy (non-hydrogen) atoms. The summed E-state index contributed by atoms with van der Waals surface area (Å²) < 4.78 is 44.6. The predicted octanol–water partition coefficient (Wildman–Crippen LogP) is 3.25. The molecule has 0 aliphatic carbocycles. The number of hydrogen-bond acceptors (Lipinski definition) is 5. The molecule has 0 spiro atoms. The number of carbonyl (C=O) groups is 1. The Balaban J connectivity index is 1.40. The highest BCUT2D eigenvalue weighted by Crippen LogP contribution is 2.29. The zero-order chi connectivity index (χ0) is 24.7. The van der Waals surface area contributed by atoms with Crippen LogP contribution in [0.1, 0.15) is 41.2 Å². The van der Waals surface area contributed by atoms with Crippen molar-refractivity contribution in [2.24, 2.45) is 0 Å². The molecule has 8 nitrogen and oxygen atoms in total. The highest BCUT2D eigenvalue weighted by Gasteiger charge is 2.28. The number of piperazine rings is 1. The van der Waals surface area contributed by atoms with E-state index in [1.54, 1.807) is 11.1 Å². The number of benzene rings is 1. The molecular formula is C24H28F3N5O3. The normalized spacial score (nSPS) is 19.8. The number of ether oxygens (including phenoxy) is 1. The van der Waals surface area contributed by atoms with Gasteiger partial charge in [0.25, 0.3) is 11.5 Å². The monoisotopic (exact) mass is 491 g/mol. The second kappa shape index (κ2) is 9.27. The lowest BCUT2D eigenvalue weighted by Crippen LogP contribution is -2.49. The average Bonchev–Trinajstić information content (AvgIpc) is 3.48. The average molecular weight is 492 g/mol. The van der Waals surface area contributed by atoms with E-state index < -0.39 is 12.6 Å². The molecular weight excluding hydrogens is 463 g/mol. The third-order valence-corrected chi connectivity index (χ3v) is 6.98. The van der Waals surface area contributed by atoms with Gasteiger partial charge in [-0.2, -0.15) is 18.3 Å². The zero-order valence-electron chi connectivity index (χ0n) is 19.5. The van der Waals surface area contributed by atoms with Gasteiger partial charge in [-0.1, -0.05) is 0 Å². The number of nitrogens with zero attached hydrogens (tertiary/aromatic N) is 4. The Labute approximate surface area is 199 Å². The number of halogens is 3. The first-order valence-electron chi connectivity index (χ1n) is 11.9. The molecule has 1 atom stereocenters. The fourth-order valence-corrected chi connectivity index (χ4v) is 5.06. The van der Waals surface area contributed by atoms with E-state index in [4.69, 9.17) is 4.74 Å². The van der Waals surface area contributed by atoms with Crippen LogP contribution in [0.15, 0.2) is 23.1 Å². The maximum absolute atomic E-state index is 13.4. The topological polar surface area (TPSA) is 83.5 Å². The Kier molecular flexibility index (Phi) is 6.30. The fraction of sp³-hybridized carbons (Fsp3) is 0.542. The second-order valence-corrected chi connectivity index (χ2v) is 9.39. The number of alkyl halides is 3. The molecule has 1 amide bonds. The van der Waals surface area contributed by atoms with Crippen molar-refractivity contribution in [3.8, 4) is 0 Å². The van der Waals surface area contributed by atoms with Gasteiger partial charge in [0.15, 0.2) is 0 Å². The number of amides is 1. The van der Waals surface area contributed by atoms with Gasteiger partial charge in [-0.15, -0.1) is 0 Å². The summed E-state index contributed by atoms with van der Waals surface area (Å²) in [6.07, 6.45) is -2.50. The number of carbonyl (C=O) groups excluding carboxylic acids is 1. The van der Waals surface area contributed by atoms with Gasteiger partial charge in [0.1, 0.15) is 0 Å². The summed E-state index contributed by atoms with van der Waals surface area (Å²) in [4.78, 5) is 32.7. The van der Waals surface area contributed by atoms with Crippen molar-refractivity contribution in [1.29, 1.82) is 0 Å². The van der Waals surface area contributed by atoms with Crippen LogP contribution in [0.4, 0.5) is 13.2 Å². The molecule has 1 N–H and O–H groups in total. The van der Waals surface area contributed by atoms with Gasteiger partial charge in [-0.3, -0.25) is 19.2 Å². The fourth-order valence-electron chi connectivity index (χ4n) is 5.06. The van der Waals surface area contributed by atoms with E-state index in [-0.39, 0.29) is 23.9 Å². The SMILES string of the molecule is Cc1cc2[nH]c(=O)c3cnn([C@H]4CCOC4)c3c2cc1C(=O)N1CCN(CCCC(F)(F)F)CC1. The highest BCUT2D eigenvalue weighted by atomic mass is 19.4. The molecule has 2 fully saturated rings. The summed E-state index contributed by atoms with van der Waals surface area (Å²) in [5, 5.41) is 5.69. The third-order valence-electron chi connectivity index (χ3n) is 6.98. The zero-order valence-corrected chi connectivity index (χ0v) is 19.5. The number of fused-ring (bicyclic) bond motifs is 3. The van der Waals surface area contributed by atoms with Crippen LogP contribution >= 0.6 is 0 Å². The lowest BCUT2D eigenvalue weighted by atomic mass is 10.0. The second-order valence-electron chi connectivity index (χ2n) is 9.39. The minimum absolute atomic E-state index is 0.0309. The lowest BCUT2D eigenvalue weighted by molar-refractivity contribution is -0.136. The van der Waals surface area contributed by atoms with E-state index in [9.17, 15) is 22.8 Å². The van der Waals surface area contributed by atoms with Crippen LogP contribution in [0.5, 0.6) is 0 Å². The van der Waals surface area contributed by atoms with Crippen LogP contribution in [0.25, 0.3) is 21.8 Å². The Morgan fingerprint density at radius 3 is 2.66 bits per heavy atom. The minimum atomic E-state index is -4.14. The van der Waals surface area contributed by atoms with Crippen molar-refractivity contribution in [1.82, 2.24) is 24.6 Å². The van der Waals surface area contributed by atoms with Crippen molar-refractivity contribution in [3.63, 3.8) is 0 Å². The number of aromatic nitrogens is 3. The number of pyridine rings is 1. The van der Waals surface area contributed by atoms with Crippen LogP contribution < -0.4 is 5.56 Å². The highest BCUT2D eigenvalue weighted by molar-refractivity contribution is 6.07. The van der Waals surface area contributed by atoms with Gasteiger partial charge in [0.2, 0.25) is 0 Å². The van der Waals surface area contributed by atoms with Gasteiger partial charge in [-0.25, -0.2) is 0 Å². The van der Waals surface area contributed by atoms with E-state index in [2.05, 4.69) is 10.1 Å². The Hall–Kier alpha value is -2.92. The van der Waals surface area contributed by atoms with Crippen molar-refractivity contribution in [2.45, 2.75) is 38.4 Å². The molecule has 11 heteroatoms. The third kappa shape index (κ3) is 4.79. The van der Waals surface area contributed by atoms with Crippen molar-refractivity contribution in [2.75, 3.05) is 45.9 Å². The van der Waals surface area contributed by atoms with E-state index in [1.807, 2.05) is 28.6 Å². The Bertz CT molecular complexity index is 1300. The van der Waals surface area contributed by atoms with Gasteiger partial charge < -0.3 is 14.6 Å². The summed E-state index contributed by atoms with van der Waals surface area (Å²) in [6, 6.07) is 3.68. The molecule has 0 radical (unpaired) electrons. The molecule has 4 heterocycles.